The van der Waals surface area contributed by atoms with E-state index in [1.807, 2.05) is 6.92 Å². The zero-order chi connectivity index (χ0) is 24.2. The first-order chi connectivity index (χ1) is 15.9. The van der Waals surface area contributed by atoms with Crippen molar-refractivity contribution in [1.29, 1.82) is 0 Å². The first-order valence-corrected chi connectivity index (χ1v) is 12.1. The van der Waals surface area contributed by atoms with Gasteiger partial charge in [-0.25, -0.2) is 0 Å². The number of piperazine rings is 1. The second kappa shape index (κ2) is 14.1. The standard InChI is InChI=1S/C22H30BrN3O6S/c1-3-5-10-31-18-7-6-15(13-16(18)23)20(28)25-22(33)26-9-8-24-21(29)17(26)14-19(27)32-12-11-30-4-2/h6-7,13,17H,3-5,8-12,14H2,1-2H3,(H,24,29)(H,25,28,33). The molecule has 9 nitrogen and oxygen atoms in total. The summed E-state index contributed by atoms with van der Waals surface area (Å²) in [6.07, 6.45) is 1.77. The molecule has 0 radical (unpaired) electrons. The van der Waals surface area contributed by atoms with Crippen LogP contribution in [0.1, 0.15) is 43.5 Å². The van der Waals surface area contributed by atoms with Gasteiger partial charge in [0.1, 0.15) is 18.4 Å². The second-order valence-corrected chi connectivity index (χ2v) is 8.47. The summed E-state index contributed by atoms with van der Waals surface area (Å²) in [6.45, 7) is 6.14. The minimum atomic E-state index is -0.868. The molecule has 1 saturated heterocycles. The first-order valence-electron chi connectivity index (χ1n) is 10.9. The lowest BCUT2D eigenvalue weighted by Gasteiger charge is -2.36. The predicted octanol–water partition coefficient (Wildman–Crippen LogP) is 2.41. The second-order valence-electron chi connectivity index (χ2n) is 7.23. The van der Waals surface area contributed by atoms with E-state index in [1.54, 1.807) is 18.2 Å². The molecule has 1 aliphatic rings. The van der Waals surface area contributed by atoms with E-state index < -0.39 is 17.9 Å². The molecule has 1 aromatic carbocycles. The normalized spacial score (nSPS) is 15.5. The zero-order valence-electron chi connectivity index (χ0n) is 18.9. The third kappa shape index (κ3) is 8.56. The van der Waals surface area contributed by atoms with Crippen LogP contribution in [0.25, 0.3) is 0 Å². The number of nitrogens with zero attached hydrogens (tertiary/aromatic N) is 1. The van der Waals surface area contributed by atoms with E-state index in [0.29, 0.717) is 42.1 Å². The van der Waals surface area contributed by atoms with Crippen molar-refractivity contribution in [2.75, 3.05) is 39.5 Å². The minimum absolute atomic E-state index is 0.0707. The lowest BCUT2D eigenvalue weighted by molar-refractivity contribution is -0.148. The molecule has 0 spiro atoms. The fourth-order valence-corrected chi connectivity index (χ4v) is 3.87. The Labute approximate surface area is 207 Å². The van der Waals surface area contributed by atoms with Crippen LogP contribution in [0.3, 0.4) is 0 Å². The fourth-order valence-electron chi connectivity index (χ4n) is 3.06. The molecular weight excluding hydrogens is 514 g/mol. The van der Waals surface area contributed by atoms with E-state index in [4.69, 9.17) is 26.4 Å². The van der Waals surface area contributed by atoms with Crippen molar-refractivity contribution in [2.24, 2.45) is 0 Å². The predicted molar refractivity (Wildman–Crippen MR) is 130 cm³/mol. The topological polar surface area (TPSA) is 106 Å². The number of ether oxygens (including phenoxy) is 3. The number of unbranched alkanes of at least 4 members (excludes halogenated alkanes) is 1. The van der Waals surface area contributed by atoms with Crippen molar-refractivity contribution in [3.63, 3.8) is 0 Å². The molecule has 1 atom stereocenters. The van der Waals surface area contributed by atoms with Crippen LogP contribution < -0.4 is 15.4 Å². The molecule has 1 heterocycles. The number of carbonyl (C=O) groups is 3. The molecule has 0 aromatic heterocycles. The van der Waals surface area contributed by atoms with Crippen molar-refractivity contribution >= 4 is 51.0 Å². The van der Waals surface area contributed by atoms with E-state index in [-0.39, 0.29) is 30.7 Å². The van der Waals surface area contributed by atoms with E-state index >= 15 is 0 Å². The maximum atomic E-state index is 12.7. The fraction of sp³-hybridized carbons (Fsp3) is 0.545. The molecule has 11 heteroatoms. The van der Waals surface area contributed by atoms with E-state index in [1.165, 1.54) is 4.90 Å². The van der Waals surface area contributed by atoms with Crippen molar-refractivity contribution in [2.45, 2.75) is 39.2 Å². The average molecular weight is 544 g/mol. The van der Waals surface area contributed by atoms with Gasteiger partial charge in [-0.3, -0.25) is 19.7 Å². The van der Waals surface area contributed by atoms with Gasteiger partial charge in [-0.1, -0.05) is 13.3 Å². The summed E-state index contributed by atoms with van der Waals surface area (Å²) < 4.78 is 16.6. The summed E-state index contributed by atoms with van der Waals surface area (Å²) in [5, 5.41) is 5.44. The molecule has 0 bridgehead atoms. The highest BCUT2D eigenvalue weighted by atomic mass is 79.9. The molecule has 0 saturated carbocycles. The van der Waals surface area contributed by atoms with Gasteiger partial charge in [0.05, 0.1) is 24.1 Å². The number of esters is 1. The van der Waals surface area contributed by atoms with Crippen LogP contribution in [-0.4, -0.2) is 73.4 Å². The van der Waals surface area contributed by atoms with Gasteiger partial charge in [0.15, 0.2) is 5.11 Å². The van der Waals surface area contributed by atoms with E-state index in [2.05, 4.69) is 33.5 Å². The Kier molecular flexibility index (Phi) is 11.6. The van der Waals surface area contributed by atoms with Crippen molar-refractivity contribution in [1.82, 2.24) is 15.5 Å². The van der Waals surface area contributed by atoms with Crippen molar-refractivity contribution in [3.05, 3.63) is 28.2 Å². The largest absolute Gasteiger partial charge is 0.492 e. The Morgan fingerprint density at radius 1 is 1.27 bits per heavy atom. The van der Waals surface area contributed by atoms with Gasteiger partial charge >= 0.3 is 5.97 Å². The van der Waals surface area contributed by atoms with Crippen LogP contribution in [0.4, 0.5) is 0 Å². The summed E-state index contributed by atoms with van der Waals surface area (Å²) in [5.41, 5.74) is 0.375. The summed E-state index contributed by atoms with van der Waals surface area (Å²) in [5.74, 6) is -0.669. The highest BCUT2D eigenvalue weighted by molar-refractivity contribution is 9.10. The van der Waals surface area contributed by atoms with Crippen LogP contribution >= 0.6 is 28.1 Å². The Morgan fingerprint density at radius 3 is 2.76 bits per heavy atom. The molecule has 1 aliphatic heterocycles. The number of rotatable bonds is 11. The number of benzene rings is 1. The van der Waals surface area contributed by atoms with Crippen LogP contribution in [0.15, 0.2) is 22.7 Å². The average Bonchev–Trinajstić information content (AvgIpc) is 2.79. The Hall–Kier alpha value is -2.24. The zero-order valence-corrected chi connectivity index (χ0v) is 21.3. The minimum Gasteiger partial charge on any atom is -0.492 e. The highest BCUT2D eigenvalue weighted by Gasteiger charge is 2.34. The quantitative estimate of drug-likeness (QED) is 0.249. The SMILES string of the molecule is CCCCOc1ccc(C(=O)NC(=S)N2CCNC(=O)C2CC(=O)OCCOCC)cc1Br. The molecule has 2 N–H and O–H groups in total. The lowest BCUT2D eigenvalue weighted by atomic mass is 10.1. The summed E-state index contributed by atoms with van der Waals surface area (Å²) in [4.78, 5) is 38.8. The molecule has 2 rings (SSSR count). The monoisotopic (exact) mass is 543 g/mol. The van der Waals surface area contributed by atoms with E-state index in [9.17, 15) is 14.4 Å². The smallest absolute Gasteiger partial charge is 0.308 e. The molecular formula is C22H30BrN3O6S. The van der Waals surface area contributed by atoms with Gasteiger partial charge in [-0.15, -0.1) is 0 Å². The summed E-state index contributed by atoms with van der Waals surface area (Å²) >= 11 is 8.81. The number of amides is 2. The molecule has 33 heavy (non-hydrogen) atoms. The molecule has 1 unspecified atom stereocenters. The summed E-state index contributed by atoms with van der Waals surface area (Å²) in [7, 11) is 0. The first kappa shape index (κ1) is 27.0. The molecule has 1 fully saturated rings. The van der Waals surface area contributed by atoms with Gasteiger partial charge in [0.25, 0.3) is 5.91 Å². The highest BCUT2D eigenvalue weighted by Crippen LogP contribution is 2.26. The number of carbonyl (C=O) groups excluding carboxylic acids is 3. The van der Waals surface area contributed by atoms with Crippen LogP contribution in [0.5, 0.6) is 5.75 Å². The van der Waals surface area contributed by atoms with Gasteiger partial charge in [-0.2, -0.15) is 0 Å². The molecule has 2 amide bonds. The molecule has 182 valence electrons. The van der Waals surface area contributed by atoms with Gasteiger partial charge in [0, 0.05) is 25.3 Å². The maximum Gasteiger partial charge on any atom is 0.308 e. The Morgan fingerprint density at radius 2 is 2.06 bits per heavy atom. The van der Waals surface area contributed by atoms with Gasteiger partial charge < -0.3 is 24.4 Å². The summed E-state index contributed by atoms with van der Waals surface area (Å²) in [6, 6.07) is 4.13. The molecule has 1 aromatic rings. The lowest BCUT2D eigenvalue weighted by Crippen LogP contribution is -2.60. The third-order valence-electron chi connectivity index (χ3n) is 4.82. The number of hydrogen-bond donors (Lipinski definition) is 2. The number of thiocarbonyl (C=S) groups is 1. The number of hydrogen-bond acceptors (Lipinski definition) is 7. The van der Waals surface area contributed by atoms with Crippen LogP contribution in [0, 0.1) is 0 Å². The van der Waals surface area contributed by atoms with Crippen molar-refractivity contribution < 1.29 is 28.6 Å². The van der Waals surface area contributed by atoms with Gasteiger partial charge in [0.2, 0.25) is 5.91 Å². The maximum absolute atomic E-state index is 12.7. The van der Waals surface area contributed by atoms with Crippen LogP contribution in [-0.2, 0) is 19.1 Å². The van der Waals surface area contributed by atoms with Gasteiger partial charge in [-0.05, 0) is 59.7 Å². The number of halogens is 1. The van der Waals surface area contributed by atoms with Crippen LogP contribution in [0.2, 0.25) is 0 Å². The Balaban J connectivity index is 1.98. The molecule has 0 aliphatic carbocycles. The van der Waals surface area contributed by atoms with E-state index in [0.717, 1.165) is 12.8 Å². The Bertz CT molecular complexity index is 853. The number of nitrogens with one attached hydrogen (secondary N) is 2. The van der Waals surface area contributed by atoms with Crippen molar-refractivity contribution in [3.8, 4) is 5.75 Å². The third-order valence-corrected chi connectivity index (χ3v) is 5.77.